The molecule has 0 amide bonds. The third-order valence-corrected chi connectivity index (χ3v) is 18.5. The number of hydrogen-bond donors (Lipinski definition) is 3. The molecule has 31 heteroatoms. The highest BCUT2D eigenvalue weighted by Crippen LogP contribution is 2.49. The van der Waals surface area contributed by atoms with Crippen molar-refractivity contribution in [1.82, 2.24) is 15.3 Å². The molecular weight excluding hydrogens is 1280 g/mol. The number of carbonyl (C=O) groups excluding carboxylic acids is 3. The molecule has 0 aliphatic carbocycles. The number of nitro benzene ring substituents is 3. The Hall–Kier alpha value is -9.13. The van der Waals surface area contributed by atoms with E-state index in [0.29, 0.717) is 16.9 Å². The molecule has 92 heavy (non-hydrogen) atoms. The normalized spacial score (nSPS) is 14.3. The van der Waals surface area contributed by atoms with Crippen LogP contribution in [0.15, 0.2) is 182 Å². The van der Waals surface area contributed by atoms with Crippen molar-refractivity contribution in [1.29, 1.82) is 0 Å². The van der Waals surface area contributed by atoms with Gasteiger partial charge in [0.25, 0.3) is 17.1 Å². The number of hydrogen-bond acceptors (Lipinski definition) is 22. The Morgan fingerprint density at radius 3 is 1.15 bits per heavy atom. The summed E-state index contributed by atoms with van der Waals surface area (Å²) < 4.78 is 95.8. The molecule has 0 saturated heterocycles. The van der Waals surface area contributed by atoms with Gasteiger partial charge in [-0.1, -0.05) is 79.7 Å². The van der Waals surface area contributed by atoms with E-state index >= 15 is 4.57 Å². The first-order chi connectivity index (χ1) is 44.1. The molecule has 0 aliphatic rings. The van der Waals surface area contributed by atoms with Crippen molar-refractivity contribution in [2.24, 2.45) is 5.92 Å². The Balaban J connectivity index is 1.05. The maximum absolute atomic E-state index is 15.0. The van der Waals surface area contributed by atoms with E-state index in [9.17, 15) is 53.9 Å². The number of nitrogens with zero attached hydrogens (tertiary/aromatic N) is 3. The summed E-state index contributed by atoms with van der Waals surface area (Å²) in [5, 5.41) is 42.4. The van der Waals surface area contributed by atoms with Gasteiger partial charge in [-0.3, -0.25) is 44.7 Å². The number of non-ortho nitro benzene ring substituents is 3. The average molecular weight is 1340 g/mol. The van der Waals surface area contributed by atoms with E-state index in [1.54, 1.807) is 100 Å². The largest absolute Gasteiger partial charge is 0.513 e. The van der Waals surface area contributed by atoms with E-state index in [1.165, 1.54) is 84.6 Å². The summed E-state index contributed by atoms with van der Waals surface area (Å²) in [5.41, 5.74) is 1.24. The molecular formula is C61H65N6O21P3S. The smallest absolute Gasteiger partial charge is 0.465 e. The van der Waals surface area contributed by atoms with E-state index in [1.807, 2.05) is 0 Å². The van der Waals surface area contributed by atoms with Crippen LogP contribution in [-0.4, -0.2) is 76.4 Å². The lowest BCUT2D eigenvalue weighted by molar-refractivity contribution is -0.385. The maximum atomic E-state index is 15.0. The Morgan fingerprint density at radius 2 is 0.750 bits per heavy atom. The van der Waals surface area contributed by atoms with Gasteiger partial charge in [-0.25, -0.2) is 13.7 Å². The molecule has 0 saturated carbocycles. The number of esters is 3. The van der Waals surface area contributed by atoms with Gasteiger partial charge < -0.3 is 41.4 Å². The van der Waals surface area contributed by atoms with Crippen molar-refractivity contribution >= 4 is 70.0 Å². The van der Waals surface area contributed by atoms with E-state index in [4.69, 9.17) is 41.4 Å². The second-order valence-electron chi connectivity index (χ2n) is 19.8. The molecule has 27 nitrogen and oxygen atoms in total. The fourth-order valence-corrected chi connectivity index (χ4v) is 14.3. The topological polar surface area (TPSA) is 351 Å². The molecule has 0 bridgehead atoms. The minimum Gasteiger partial charge on any atom is -0.465 e. The summed E-state index contributed by atoms with van der Waals surface area (Å²) in [7, 11) is -13.8. The van der Waals surface area contributed by atoms with Crippen LogP contribution >= 0.6 is 35.0 Å². The van der Waals surface area contributed by atoms with Gasteiger partial charge in [-0.05, 0) is 141 Å². The van der Waals surface area contributed by atoms with Crippen LogP contribution in [0.5, 0.6) is 34.5 Å². The predicted molar refractivity (Wildman–Crippen MR) is 340 cm³/mol. The van der Waals surface area contributed by atoms with Crippen LogP contribution in [0.3, 0.4) is 0 Å². The number of benzene rings is 7. The van der Waals surface area contributed by atoms with E-state index in [2.05, 4.69) is 15.3 Å². The first-order valence-corrected chi connectivity index (χ1v) is 34.2. The SMILES string of the molecule is CCOC(=O)[C@H](CCSCc1ccc(OP(=O)(N[C@@H](Cc2ccccc2)C(=O)OCC)Oc2ccc([N+](=O)[O-])cc2)cc1)NP(=O)(Oc1ccc(CC(C)[C@H](NP(=O)(Oc2ccccc2)Oc2ccc([N+](=O)[O-])cc2)C(=O)OCC)cc1)Oc1ccc([N+](=O)[O-])cc1. The van der Waals surface area contributed by atoms with Crippen molar-refractivity contribution in [3.8, 4) is 34.5 Å². The van der Waals surface area contributed by atoms with Gasteiger partial charge >= 0.3 is 41.1 Å². The predicted octanol–water partition coefficient (Wildman–Crippen LogP) is 13.1. The van der Waals surface area contributed by atoms with Gasteiger partial charge in [-0.2, -0.15) is 27.0 Å². The van der Waals surface area contributed by atoms with Gasteiger partial charge in [0.1, 0.15) is 52.6 Å². The van der Waals surface area contributed by atoms with E-state index < -0.39 is 80.0 Å². The first-order valence-electron chi connectivity index (χ1n) is 28.5. The molecule has 0 heterocycles. The van der Waals surface area contributed by atoms with Crippen LogP contribution < -0.4 is 42.4 Å². The van der Waals surface area contributed by atoms with Crippen LogP contribution in [0.2, 0.25) is 0 Å². The lowest BCUT2D eigenvalue weighted by Gasteiger charge is -2.28. The summed E-state index contributed by atoms with van der Waals surface area (Å²) in [6.45, 7) is 6.40. The standard InChI is InChI=1S/C61H65N6O21P3S/c1-5-80-59(68)56(38-39-92-42-46-20-30-52(31-21-46)85-90(78,87-54-34-24-48(25-35-54)66(73)74)63-57(60(69)81-6-2)41-44-14-10-8-11-15-44)62-89(77,86-53-32-22-47(23-33-53)65(71)72)84-51-28-18-45(19-29-51)40-43(4)58(61(70)82-7-3)64-91(79,83-50-16-12-9-13-17-50)88-55-36-26-49(27-37-55)67(75)76/h8-37,43,56-58H,5-7,38-42H2,1-4H3,(H,62,77)(H,63,78)(H,64,79)/t43?,56-,57-,58-,89?,90?,91?/m0/s1. The van der Waals surface area contributed by atoms with Crippen LogP contribution in [-0.2, 0) is 60.9 Å². The van der Waals surface area contributed by atoms with Crippen LogP contribution in [0.4, 0.5) is 17.1 Å². The lowest BCUT2D eigenvalue weighted by atomic mass is 9.94. The van der Waals surface area contributed by atoms with Crippen LogP contribution in [0, 0.1) is 36.3 Å². The van der Waals surface area contributed by atoms with Crippen molar-refractivity contribution in [3.05, 3.63) is 229 Å². The third kappa shape index (κ3) is 21.8. The molecule has 0 fully saturated rings. The van der Waals surface area contributed by atoms with E-state index in [-0.39, 0.29) is 96.4 Å². The Kier molecular flexibility index (Phi) is 25.8. The highest BCUT2D eigenvalue weighted by Gasteiger charge is 2.41. The molecule has 7 rings (SSSR count). The van der Waals surface area contributed by atoms with Crippen molar-refractivity contribution in [3.63, 3.8) is 0 Å². The lowest BCUT2D eigenvalue weighted by Crippen LogP contribution is -2.43. The molecule has 0 aromatic heterocycles. The summed E-state index contributed by atoms with van der Waals surface area (Å²) in [6.07, 6.45) is 0.143. The number of nitro groups is 3. The molecule has 0 aliphatic heterocycles. The number of thioether (sulfide) groups is 1. The summed E-state index contributed by atoms with van der Waals surface area (Å²) in [5.74, 6) is -2.57. The van der Waals surface area contributed by atoms with Gasteiger partial charge in [0.05, 0.1) is 34.6 Å². The Bertz CT molecular complexity index is 3750. The van der Waals surface area contributed by atoms with Crippen molar-refractivity contribution in [2.75, 3.05) is 25.6 Å². The number of para-hydroxylation sites is 1. The average Bonchev–Trinajstić information content (AvgIpc) is 1.15. The number of ether oxygens (including phenoxy) is 3. The fourth-order valence-electron chi connectivity index (χ4n) is 8.58. The zero-order valence-corrected chi connectivity index (χ0v) is 53.5. The zero-order chi connectivity index (χ0) is 66.3. The second-order valence-corrected chi connectivity index (χ2v) is 25.8. The number of nitrogens with one attached hydrogen (secondary N) is 3. The molecule has 4 unspecified atom stereocenters. The first kappa shape index (κ1) is 70.3. The summed E-state index contributed by atoms with van der Waals surface area (Å²) in [4.78, 5) is 72.9. The third-order valence-electron chi connectivity index (χ3n) is 12.9. The maximum Gasteiger partial charge on any atom is 0.513 e. The Labute approximate surface area is 533 Å². The number of rotatable bonds is 37. The van der Waals surface area contributed by atoms with Gasteiger partial charge in [0, 0.05) is 42.2 Å². The van der Waals surface area contributed by atoms with Crippen LogP contribution in [0.25, 0.3) is 0 Å². The molecule has 3 N–H and O–H groups in total. The molecule has 7 aromatic carbocycles. The van der Waals surface area contributed by atoms with Gasteiger partial charge in [0.2, 0.25) is 0 Å². The van der Waals surface area contributed by atoms with E-state index in [0.717, 1.165) is 42.0 Å². The molecule has 0 spiro atoms. The van der Waals surface area contributed by atoms with Crippen molar-refractivity contribution in [2.45, 2.75) is 70.8 Å². The quantitative estimate of drug-likeness (QED) is 0.00813. The van der Waals surface area contributed by atoms with Crippen LogP contribution in [0.1, 0.15) is 50.8 Å². The van der Waals surface area contributed by atoms with Crippen molar-refractivity contribution < 1.29 is 84.2 Å². The molecule has 7 aromatic rings. The second kappa shape index (κ2) is 33.8. The van der Waals surface area contributed by atoms with Gasteiger partial charge in [0.15, 0.2) is 0 Å². The fraction of sp³-hybridized carbons (Fsp3) is 0.262. The highest BCUT2D eigenvalue weighted by molar-refractivity contribution is 7.98. The van der Waals surface area contributed by atoms with Gasteiger partial charge in [-0.15, -0.1) is 0 Å². The summed E-state index contributed by atoms with van der Waals surface area (Å²) >= 11 is 1.37. The minimum absolute atomic E-state index is 0.00412. The Morgan fingerprint density at radius 1 is 0.424 bits per heavy atom. The highest BCUT2D eigenvalue weighted by atomic mass is 32.2. The number of carbonyl (C=O) groups is 3. The zero-order valence-electron chi connectivity index (χ0n) is 50.0. The molecule has 486 valence electrons. The monoisotopic (exact) mass is 1340 g/mol. The minimum atomic E-state index is -4.70. The molecule has 7 atom stereocenters. The summed E-state index contributed by atoms with van der Waals surface area (Å²) in [6, 6.07) is 39.6. The molecule has 0 radical (unpaired) electrons.